The van der Waals surface area contributed by atoms with E-state index in [0.717, 1.165) is 17.8 Å². The average Bonchev–Trinajstić information content (AvgIpc) is 3.06. The van der Waals surface area contributed by atoms with Crippen LogP contribution in [0, 0.1) is 11.3 Å². The number of amides is 1. The van der Waals surface area contributed by atoms with Gasteiger partial charge in [0.15, 0.2) is 0 Å². The zero-order valence-corrected chi connectivity index (χ0v) is 15.1. The molecular weight excluding hydrogens is 330 g/mol. The summed E-state index contributed by atoms with van der Waals surface area (Å²) in [5, 5.41) is 11.8. The van der Waals surface area contributed by atoms with Crippen molar-refractivity contribution in [2.45, 2.75) is 18.6 Å². The van der Waals surface area contributed by atoms with Gasteiger partial charge < -0.3 is 14.6 Å². The van der Waals surface area contributed by atoms with Crippen molar-refractivity contribution in [3.05, 3.63) is 53.6 Å². The molecule has 1 amide bonds. The topological polar surface area (TPSA) is 83.2 Å². The van der Waals surface area contributed by atoms with Gasteiger partial charge in [-0.1, -0.05) is 12.1 Å². The molecule has 3 rings (SSSR count). The molecule has 1 aliphatic rings. The Bertz CT molecular complexity index is 793. The Morgan fingerprint density at radius 3 is 2.81 bits per heavy atom. The monoisotopic (exact) mass is 353 g/mol. The normalized spacial score (nSPS) is 20.5. The Kier molecular flexibility index (Phi) is 5.66. The quantitative estimate of drug-likeness (QED) is 0.868. The molecule has 0 radical (unpaired) electrons. The van der Waals surface area contributed by atoms with E-state index in [0.29, 0.717) is 18.7 Å². The van der Waals surface area contributed by atoms with Crippen molar-refractivity contribution in [2.24, 2.45) is 7.05 Å². The Hall–Kier alpha value is -2.69. The molecule has 0 aliphatic carbocycles. The minimum Gasteiger partial charge on any atom is -0.373 e. The average molecular weight is 353 g/mol. The van der Waals surface area contributed by atoms with E-state index in [2.05, 4.69) is 28.3 Å². The van der Waals surface area contributed by atoms with Gasteiger partial charge in [0, 0.05) is 26.3 Å². The Balaban J connectivity index is 1.60. The molecule has 0 bridgehead atoms. The number of benzene rings is 1. The fraction of sp³-hybridized carbons (Fsp3) is 0.421. The van der Waals surface area contributed by atoms with E-state index in [1.807, 2.05) is 29.9 Å². The highest BCUT2D eigenvalue weighted by molar-refractivity contribution is 5.78. The fourth-order valence-electron chi connectivity index (χ4n) is 3.26. The van der Waals surface area contributed by atoms with E-state index in [-0.39, 0.29) is 24.5 Å². The van der Waals surface area contributed by atoms with Crippen LogP contribution in [-0.2, 0) is 23.0 Å². The SMILES string of the molecule is CN1CCO[C@@H](CNC(=O)Cc2ccc(C#N)cc2)[C@@H]1c1cncn1C. The van der Waals surface area contributed by atoms with Gasteiger partial charge in [-0.2, -0.15) is 5.26 Å². The van der Waals surface area contributed by atoms with E-state index in [4.69, 9.17) is 10.00 Å². The molecule has 0 spiro atoms. The van der Waals surface area contributed by atoms with Crippen LogP contribution in [-0.4, -0.2) is 53.2 Å². The number of ether oxygens (including phenoxy) is 1. The van der Waals surface area contributed by atoms with Gasteiger partial charge in [0.05, 0.1) is 48.8 Å². The predicted octanol–water partition coefficient (Wildman–Crippen LogP) is 1.02. The third kappa shape index (κ3) is 4.10. The zero-order valence-electron chi connectivity index (χ0n) is 15.1. The van der Waals surface area contributed by atoms with Crippen molar-refractivity contribution in [1.29, 1.82) is 5.26 Å². The number of aryl methyl sites for hydroxylation is 1. The summed E-state index contributed by atoms with van der Waals surface area (Å²) < 4.78 is 7.92. The molecule has 1 aromatic heterocycles. The second-order valence-electron chi connectivity index (χ2n) is 6.55. The van der Waals surface area contributed by atoms with E-state index in [1.165, 1.54) is 0 Å². The summed E-state index contributed by atoms with van der Waals surface area (Å²) in [6, 6.07) is 9.18. The van der Waals surface area contributed by atoms with Crippen molar-refractivity contribution < 1.29 is 9.53 Å². The number of morpholine rings is 1. The van der Waals surface area contributed by atoms with Gasteiger partial charge in [-0.05, 0) is 24.7 Å². The van der Waals surface area contributed by atoms with Crippen molar-refractivity contribution >= 4 is 5.91 Å². The Morgan fingerprint density at radius 1 is 1.38 bits per heavy atom. The number of hydrogen-bond acceptors (Lipinski definition) is 5. The number of nitriles is 1. The Labute approximate surface area is 153 Å². The Morgan fingerprint density at radius 2 is 2.15 bits per heavy atom. The van der Waals surface area contributed by atoms with E-state index < -0.39 is 0 Å². The second-order valence-corrected chi connectivity index (χ2v) is 6.55. The van der Waals surface area contributed by atoms with Crippen LogP contribution in [0.1, 0.15) is 22.9 Å². The largest absolute Gasteiger partial charge is 0.373 e. The summed E-state index contributed by atoms with van der Waals surface area (Å²) in [6.45, 7) is 1.92. The molecule has 0 saturated carbocycles. The third-order valence-corrected chi connectivity index (χ3v) is 4.71. The van der Waals surface area contributed by atoms with Gasteiger partial charge in [0.2, 0.25) is 5.91 Å². The zero-order chi connectivity index (χ0) is 18.5. The number of nitrogens with one attached hydrogen (secondary N) is 1. The summed E-state index contributed by atoms with van der Waals surface area (Å²) in [6.07, 6.45) is 3.78. The molecular formula is C19H23N5O2. The lowest BCUT2D eigenvalue weighted by Gasteiger charge is -2.39. The molecule has 1 saturated heterocycles. The lowest BCUT2D eigenvalue weighted by atomic mass is 10.0. The molecule has 1 aromatic carbocycles. The van der Waals surface area contributed by atoms with Crippen LogP contribution in [0.3, 0.4) is 0 Å². The van der Waals surface area contributed by atoms with Crippen LogP contribution in [0.25, 0.3) is 0 Å². The number of imidazole rings is 1. The number of carbonyl (C=O) groups excluding carboxylic acids is 1. The first kappa shape index (κ1) is 18.1. The van der Waals surface area contributed by atoms with Gasteiger partial charge in [-0.3, -0.25) is 9.69 Å². The second kappa shape index (κ2) is 8.13. The summed E-state index contributed by atoms with van der Waals surface area (Å²) in [7, 11) is 4.02. The smallest absolute Gasteiger partial charge is 0.224 e. The molecule has 2 heterocycles. The maximum atomic E-state index is 12.3. The van der Waals surface area contributed by atoms with Crippen LogP contribution >= 0.6 is 0 Å². The molecule has 26 heavy (non-hydrogen) atoms. The molecule has 1 fully saturated rings. The minimum atomic E-state index is -0.130. The summed E-state index contributed by atoms with van der Waals surface area (Å²) >= 11 is 0. The van der Waals surface area contributed by atoms with Gasteiger partial charge in [0.1, 0.15) is 0 Å². The number of hydrogen-bond donors (Lipinski definition) is 1. The highest BCUT2D eigenvalue weighted by Crippen LogP contribution is 2.27. The summed E-state index contributed by atoms with van der Waals surface area (Å²) in [5.41, 5.74) is 2.54. The van der Waals surface area contributed by atoms with Gasteiger partial charge in [-0.15, -0.1) is 0 Å². The lowest BCUT2D eigenvalue weighted by Crippen LogP contribution is -2.49. The molecule has 136 valence electrons. The molecule has 7 heteroatoms. The van der Waals surface area contributed by atoms with Crippen molar-refractivity contribution in [3.8, 4) is 6.07 Å². The molecule has 7 nitrogen and oxygen atoms in total. The highest BCUT2D eigenvalue weighted by atomic mass is 16.5. The maximum absolute atomic E-state index is 12.3. The minimum absolute atomic E-state index is 0.0477. The van der Waals surface area contributed by atoms with Crippen molar-refractivity contribution in [1.82, 2.24) is 19.8 Å². The van der Waals surface area contributed by atoms with Gasteiger partial charge >= 0.3 is 0 Å². The van der Waals surface area contributed by atoms with Crippen LogP contribution in [0.5, 0.6) is 0 Å². The number of likely N-dealkylation sites (N-methyl/N-ethyl adjacent to an activating group) is 1. The maximum Gasteiger partial charge on any atom is 0.224 e. The predicted molar refractivity (Wildman–Crippen MR) is 96.2 cm³/mol. The van der Waals surface area contributed by atoms with Crippen LogP contribution in [0.15, 0.2) is 36.8 Å². The number of carbonyl (C=O) groups is 1. The van der Waals surface area contributed by atoms with Crippen LogP contribution in [0.2, 0.25) is 0 Å². The van der Waals surface area contributed by atoms with Crippen LogP contribution < -0.4 is 5.32 Å². The number of rotatable bonds is 5. The molecule has 0 unspecified atom stereocenters. The summed E-state index contributed by atoms with van der Waals surface area (Å²) in [5.74, 6) is -0.0599. The van der Waals surface area contributed by atoms with E-state index in [1.54, 1.807) is 18.5 Å². The first-order chi connectivity index (χ1) is 12.6. The van der Waals surface area contributed by atoms with E-state index >= 15 is 0 Å². The number of nitrogens with zero attached hydrogens (tertiary/aromatic N) is 4. The molecule has 2 atom stereocenters. The summed E-state index contributed by atoms with van der Waals surface area (Å²) in [4.78, 5) is 18.7. The fourth-order valence-corrected chi connectivity index (χ4v) is 3.26. The van der Waals surface area contributed by atoms with Crippen molar-refractivity contribution in [2.75, 3.05) is 26.7 Å². The number of aromatic nitrogens is 2. The standard InChI is InChI=1S/C19H23N5O2/c1-23-7-8-26-17(19(23)16-11-21-13-24(16)2)12-22-18(25)9-14-3-5-15(10-20)6-4-14/h3-6,11,13,17,19H,7-9,12H2,1-2H3,(H,22,25)/t17-,19-/m0/s1. The molecule has 1 N–H and O–H groups in total. The van der Waals surface area contributed by atoms with Gasteiger partial charge in [0.25, 0.3) is 0 Å². The molecule has 1 aliphatic heterocycles. The first-order valence-electron chi connectivity index (χ1n) is 8.62. The third-order valence-electron chi connectivity index (χ3n) is 4.71. The van der Waals surface area contributed by atoms with Gasteiger partial charge in [-0.25, -0.2) is 4.98 Å². The molecule has 2 aromatic rings. The van der Waals surface area contributed by atoms with E-state index in [9.17, 15) is 4.79 Å². The lowest BCUT2D eigenvalue weighted by molar-refractivity contribution is -0.122. The first-order valence-corrected chi connectivity index (χ1v) is 8.62. The van der Waals surface area contributed by atoms with Crippen molar-refractivity contribution in [3.63, 3.8) is 0 Å². The van der Waals surface area contributed by atoms with Crippen LogP contribution in [0.4, 0.5) is 0 Å². The highest BCUT2D eigenvalue weighted by Gasteiger charge is 2.33.